The third kappa shape index (κ3) is 3.82. The first-order valence-electron chi connectivity index (χ1n) is 9.82. The van der Waals surface area contributed by atoms with Gasteiger partial charge < -0.3 is 55.1 Å². The molecule has 33 heavy (non-hydrogen) atoms. The monoisotopic (exact) mass is 466 g/mol. The van der Waals surface area contributed by atoms with Crippen molar-refractivity contribution in [1.29, 1.82) is 0 Å². The number of hydrogen-bond donors (Lipinski definition) is 8. The molecule has 12 heteroatoms. The fraction of sp³-hybridized carbons (Fsp3) is 0.381. The Kier molecular flexibility index (Phi) is 5.60. The molecule has 1 saturated heterocycles. The second kappa shape index (κ2) is 8.02. The van der Waals surface area contributed by atoms with Gasteiger partial charge in [0, 0.05) is 23.8 Å². The van der Waals surface area contributed by atoms with Gasteiger partial charge in [-0.25, -0.2) is 0 Å². The second-order valence-corrected chi connectivity index (χ2v) is 7.94. The van der Waals surface area contributed by atoms with Crippen LogP contribution in [0.25, 0.3) is 0 Å². The normalized spacial score (nSPS) is 33.9. The molecule has 0 bridgehead atoms. The van der Waals surface area contributed by atoms with E-state index in [0.717, 1.165) is 30.3 Å². The number of carbonyl (C=O) groups is 1. The highest BCUT2D eigenvalue weighted by Crippen LogP contribution is 2.48. The fourth-order valence-corrected chi connectivity index (χ4v) is 3.88. The summed E-state index contributed by atoms with van der Waals surface area (Å²) in [5, 5.41) is 81.4. The molecule has 0 unspecified atom stereocenters. The number of rotatable bonds is 3. The van der Waals surface area contributed by atoms with Gasteiger partial charge in [0.05, 0.1) is 6.10 Å². The van der Waals surface area contributed by atoms with Gasteiger partial charge in [0.25, 0.3) is 5.79 Å². The van der Waals surface area contributed by atoms with E-state index < -0.39 is 76.9 Å². The zero-order valence-electron chi connectivity index (χ0n) is 17.1. The summed E-state index contributed by atoms with van der Waals surface area (Å²) in [7, 11) is 0. The Morgan fingerprint density at radius 3 is 2.12 bits per heavy atom. The Labute approximate surface area is 186 Å². The lowest BCUT2D eigenvalue weighted by Gasteiger charge is -2.45. The van der Waals surface area contributed by atoms with Crippen LogP contribution in [0.2, 0.25) is 0 Å². The number of aromatic hydroxyl groups is 4. The molecule has 178 valence electrons. The van der Waals surface area contributed by atoms with Crippen molar-refractivity contribution in [3.05, 3.63) is 41.5 Å². The first-order chi connectivity index (χ1) is 15.4. The molecule has 12 nitrogen and oxygen atoms in total. The molecule has 0 radical (unpaired) electrons. The standard InChI is InChI=1S/C21H22O12/c1-7-15(26)16(27)17(28)20(31-7)33-21(30)18(29)14-12(25)5-11(24)6-13(14)32-19(21)8-2-9(22)4-10(23)3-8/h2-7,15-17,19-20,22-28,30H,1H3/t7-,15-,16+,17+,19+,20-,21+/m0/s1. The molecule has 0 aliphatic carbocycles. The van der Waals surface area contributed by atoms with Crippen LogP contribution in [0.4, 0.5) is 0 Å². The molecule has 2 aromatic carbocycles. The van der Waals surface area contributed by atoms with Gasteiger partial charge in [-0.2, -0.15) is 0 Å². The third-order valence-electron chi connectivity index (χ3n) is 5.55. The summed E-state index contributed by atoms with van der Waals surface area (Å²) in [6, 6.07) is 4.91. The molecule has 0 saturated carbocycles. The number of aliphatic hydroxyl groups excluding tert-OH is 3. The van der Waals surface area contributed by atoms with Crippen LogP contribution in [-0.4, -0.2) is 83.1 Å². The average molecular weight is 466 g/mol. The van der Waals surface area contributed by atoms with E-state index in [-0.39, 0.29) is 11.3 Å². The largest absolute Gasteiger partial charge is 0.508 e. The van der Waals surface area contributed by atoms with E-state index in [1.807, 2.05) is 0 Å². The van der Waals surface area contributed by atoms with Crippen LogP contribution >= 0.6 is 0 Å². The molecular formula is C21H22O12. The zero-order chi connectivity index (χ0) is 24.2. The highest BCUT2D eigenvalue weighted by Gasteiger charge is 2.57. The first kappa shape index (κ1) is 23.0. The van der Waals surface area contributed by atoms with Crippen molar-refractivity contribution < 1.29 is 59.9 Å². The number of Topliss-reactive ketones (excluding diaryl/α,β-unsaturated/α-hetero) is 1. The summed E-state index contributed by atoms with van der Waals surface area (Å²) in [6.07, 6.45) is -9.86. The number of ketones is 1. The predicted molar refractivity (Wildman–Crippen MR) is 106 cm³/mol. The van der Waals surface area contributed by atoms with Crippen molar-refractivity contribution in [3.63, 3.8) is 0 Å². The number of ether oxygens (including phenoxy) is 3. The first-order valence-corrected chi connectivity index (χ1v) is 9.82. The van der Waals surface area contributed by atoms with Gasteiger partial charge >= 0.3 is 0 Å². The van der Waals surface area contributed by atoms with Gasteiger partial charge in [-0.3, -0.25) is 4.79 Å². The molecule has 0 aromatic heterocycles. The molecule has 2 heterocycles. The van der Waals surface area contributed by atoms with Crippen molar-refractivity contribution >= 4 is 5.78 Å². The lowest BCUT2D eigenvalue weighted by atomic mass is 9.89. The van der Waals surface area contributed by atoms with Crippen LogP contribution in [0, 0.1) is 0 Å². The summed E-state index contributed by atoms with van der Waals surface area (Å²) in [5.74, 6) is -6.74. The minimum Gasteiger partial charge on any atom is -0.508 e. The van der Waals surface area contributed by atoms with Crippen LogP contribution in [-0.2, 0) is 9.47 Å². The zero-order valence-corrected chi connectivity index (χ0v) is 17.1. The Hall–Kier alpha value is -3.13. The minimum atomic E-state index is -3.03. The summed E-state index contributed by atoms with van der Waals surface area (Å²) < 4.78 is 16.4. The maximum atomic E-state index is 13.4. The molecule has 0 amide bonds. The summed E-state index contributed by atoms with van der Waals surface area (Å²) in [4.78, 5) is 13.4. The number of phenolic OH excluding ortho intramolecular Hbond substituents is 4. The molecule has 2 aliphatic heterocycles. The maximum Gasteiger partial charge on any atom is 0.276 e. The second-order valence-electron chi connectivity index (χ2n) is 7.94. The quantitative estimate of drug-likeness (QED) is 0.266. The number of phenols is 4. The van der Waals surface area contributed by atoms with Crippen molar-refractivity contribution in [1.82, 2.24) is 0 Å². The van der Waals surface area contributed by atoms with Crippen molar-refractivity contribution in [2.24, 2.45) is 0 Å². The highest BCUT2D eigenvalue weighted by molar-refractivity contribution is 6.07. The van der Waals surface area contributed by atoms with Crippen LogP contribution in [0.15, 0.2) is 30.3 Å². The SMILES string of the molecule is C[C@@H]1O[C@@H](O[C@]2(O)C(=O)c3c(O)cc(O)cc3O[C@@H]2c2cc(O)cc(O)c2)[C@H](O)[C@H](O)[C@H]1O. The molecule has 2 aromatic rings. The van der Waals surface area contributed by atoms with E-state index >= 15 is 0 Å². The molecule has 7 atom stereocenters. The van der Waals surface area contributed by atoms with E-state index in [1.165, 1.54) is 6.92 Å². The van der Waals surface area contributed by atoms with Crippen molar-refractivity contribution in [2.45, 2.75) is 49.5 Å². The van der Waals surface area contributed by atoms with E-state index in [9.17, 15) is 45.6 Å². The van der Waals surface area contributed by atoms with Gasteiger partial charge in [-0.05, 0) is 19.1 Å². The highest BCUT2D eigenvalue weighted by atomic mass is 16.8. The Balaban J connectivity index is 1.83. The van der Waals surface area contributed by atoms with Gasteiger partial charge in [-0.1, -0.05) is 0 Å². The summed E-state index contributed by atoms with van der Waals surface area (Å²) in [6.45, 7) is 1.36. The van der Waals surface area contributed by atoms with Crippen LogP contribution in [0.5, 0.6) is 28.7 Å². The number of aliphatic hydroxyl groups is 4. The fourth-order valence-electron chi connectivity index (χ4n) is 3.88. The number of fused-ring (bicyclic) bond motifs is 1. The van der Waals surface area contributed by atoms with Crippen molar-refractivity contribution in [2.75, 3.05) is 0 Å². The van der Waals surface area contributed by atoms with Gasteiger partial charge in [-0.15, -0.1) is 0 Å². The van der Waals surface area contributed by atoms with E-state index in [2.05, 4.69) is 0 Å². The Bertz CT molecular complexity index is 1070. The molecule has 4 rings (SSSR count). The van der Waals surface area contributed by atoms with E-state index in [0.29, 0.717) is 0 Å². The van der Waals surface area contributed by atoms with E-state index in [1.54, 1.807) is 0 Å². The van der Waals surface area contributed by atoms with Gasteiger partial charge in [0.15, 0.2) is 12.4 Å². The third-order valence-corrected chi connectivity index (χ3v) is 5.55. The molecule has 0 spiro atoms. The molecule has 8 N–H and O–H groups in total. The predicted octanol–water partition coefficient (Wildman–Crippen LogP) is -0.642. The lowest BCUT2D eigenvalue weighted by Crippen LogP contribution is -2.62. The minimum absolute atomic E-state index is 0.157. The van der Waals surface area contributed by atoms with Crippen molar-refractivity contribution in [3.8, 4) is 28.7 Å². The number of hydrogen-bond acceptors (Lipinski definition) is 12. The Morgan fingerprint density at radius 2 is 1.48 bits per heavy atom. The summed E-state index contributed by atoms with van der Waals surface area (Å²) in [5.41, 5.74) is -0.717. The molecule has 2 aliphatic rings. The van der Waals surface area contributed by atoms with Gasteiger partial charge in [0.1, 0.15) is 52.6 Å². The smallest absolute Gasteiger partial charge is 0.276 e. The number of benzene rings is 2. The topological polar surface area (TPSA) is 207 Å². The maximum absolute atomic E-state index is 13.4. The van der Waals surface area contributed by atoms with Gasteiger partial charge in [0.2, 0.25) is 5.78 Å². The summed E-state index contributed by atoms with van der Waals surface area (Å²) >= 11 is 0. The number of carbonyl (C=O) groups excluding carboxylic acids is 1. The van der Waals surface area contributed by atoms with Crippen LogP contribution in [0.1, 0.15) is 28.9 Å². The molecular weight excluding hydrogens is 444 g/mol. The van der Waals surface area contributed by atoms with Crippen LogP contribution in [0.3, 0.4) is 0 Å². The molecule has 1 fully saturated rings. The van der Waals surface area contributed by atoms with E-state index in [4.69, 9.17) is 14.2 Å². The van der Waals surface area contributed by atoms with Crippen LogP contribution < -0.4 is 4.74 Å². The average Bonchev–Trinajstić information content (AvgIpc) is 2.72. The lowest BCUT2D eigenvalue weighted by molar-refractivity contribution is -0.357. The Morgan fingerprint density at radius 1 is 0.879 bits per heavy atom.